The summed E-state index contributed by atoms with van der Waals surface area (Å²) in [6, 6.07) is 3.94. The Hall–Kier alpha value is -1.09. The number of nitrogens with one attached hydrogen (secondary N) is 2. The largest absolute Gasteiger partial charge is 0.475 e. The molecule has 0 aliphatic carbocycles. The lowest BCUT2D eigenvalue weighted by atomic mass is 10.1. The maximum absolute atomic E-state index is 5.90. The van der Waals surface area contributed by atoms with Crippen molar-refractivity contribution in [2.45, 2.75) is 59.3 Å². The van der Waals surface area contributed by atoms with Crippen molar-refractivity contribution in [1.82, 2.24) is 15.6 Å². The average molecular weight is 478 g/mol. The van der Waals surface area contributed by atoms with Crippen molar-refractivity contribution in [2.75, 3.05) is 20.7 Å². The number of methoxy groups -OCH3 is 1. The van der Waals surface area contributed by atoms with E-state index in [4.69, 9.17) is 9.47 Å². The Balaban J connectivity index is 0.00000625. The molecule has 0 spiro atoms. The molecule has 26 heavy (non-hydrogen) atoms. The minimum Gasteiger partial charge on any atom is -0.475 e. The van der Waals surface area contributed by atoms with Crippen LogP contribution in [0.2, 0.25) is 0 Å². The van der Waals surface area contributed by atoms with Crippen LogP contribution in [0.5, 0.6) is 5.88 Å². The Labute approximate surface area is 175 Å². The Morgan fingerprint density at radius 2 is 1.96 bits per heavy atom. The van der Waals surface area contributed by atoms with Gasteiger partial charge in [0.15, 0.2) is 5.96 Å². The van der Waals surface area contributed by atoms with Crippen LogP contribution in [0, 0.1) is 5.92 Å². The molecule has 0 saturated heterocycles. The van der Waals surface area contributed by atoms with Crippen LogP contribution in [0.4, 0.5) is 0 Å². The molecule has 0 amide bonds. The molecule has 1 atom stereocenters. The zero-order valence-electron chi connectivity index (χ0n) is 17.1. The molecule has 0 aromatic carbocycles. The second-order valence-electron chi connectivity index (χ2n) is 7.30. The fourth-order valence-electron chi connectivity index (χ4n) is 2.32. The van der Waals surface area contributed by atoms with Crippen molar-refractivity contribution >= 4 is 29.9 Å². The Bertz CT molecular complexity index is 550. The average Bonchev–Trinajstić information content (AvgIpc) is 2.54. The summed E-state index contributed by atoms with van der Waals surface area (Å²) in [5.74, 6) is 2.00. The summed E-state index contributed by atoms with van der Waals surface area (Å²) < 4.78 is 11.3. The number of hydrogen-bond donors (Lipinski definition) is 2. The predicted molar refractivity (Wildman–Crippen MR) is 118 cm³/mol. The second kappa shape index (κ2) is 12.3. The van der Waals surface area contributed by atoms with E-state index in [1.807, 2.05) is 26.0 Å². The maximum Gasteiger partial charge on any atom is 0.213 e. The molecular formula is C19H35IN4O2. The fourth-order valence-corrected chi connectivity index (χ4v) is 2.32. The number of pyridine rings is 1. The third kappa shape index (κ3) is 10.2. The van der Waals surface area contributed by atoms with Crippen molar-refractivity contribution in [3.05, 3.63) is 23.9 Å². The topological polar surface area (TPSA) is 67.8 Å². The molecule has 150 valence electrons. The maximum atomic E-state index is 5.90. The van der Waals surface area contributed by atoms with Crippen molar-refractivity contribution in [3.8, 4) is 5.88 Å². The van der Waals surface area contributed by atoms with Gasteiger partial charge < -0.3 is 20.1 Å². The fraction of sp³-hybridized carbons (Fsp3) is 0.684. The Morgan fingerprint density at radius 3 is 2.54 bits per heavy atom. The van der Waals surface area contributed by atoms with E-state index in [2.05, 4.69) is 41.4 Å². The molecule has 7 heteroatoms. The van der Waals surface area contributed by atoms with E-state index < -0.39 is 0 Å². The van der Waals surface area contributed by atoms with Gasteiger partial charge in [-0.15, -0.1) is 24.0 Å². The monoisotopic (exact) mass is 478 g/mol. The molecule has 0 fully saturated rings. The number of guanidine groups is 1. The number of aromatic nitrogens is 1. The van der Waals surface area contributed by atoms with Crippen molar-refractivity contribution in [3.63, 3.8) is 0 Å². The highest BCUT2D eigenvalue weighted by Gasteiger charge is 2.16. The van der Waals surface area contributed by atoms with Crippen molar-refractivity contribution < 1.29 is 9.47 Å². The van der Waals surface area contributed by atoms with Crippen LogP contribution in [0.1, 0.15) is 46.6 Å². The van der Waals surface area contributed by atoms with Crippen LogP contribution in [-0.2, 0) is 11.3 Å². The van der Waals surface area contributed by atoms with E-state index >= 15 is 0 Å². The van der Waals surface area contributed by atoms with Gasteiger partial charge >= 0.3 is 0 Å². The lowest BCUT2D eigenvalue weighted by molar-refractivity contribution is 0.0268. The van der Waals surface area contributed by atoms with Gasteiger partial charge in [-0.2, -0.15) is 0 Å². The van der Waals surface area contributed by atoms with Gasteiger partial charge in [0.1, 0.15) is 0 Å². The highest BCUT2D eigenvalue weighted by atomic mass is 127. The lowest BCUT2D eigenvalue weighted by Crippen LogP contribution is -2.45. The Morgan fingerprint density at radius 1 is 1.27 bits per heavy atom. The summed E-state index contributed by atoms with van der Waals surface area (Å²) in [5, 5.41) is 6.56. The first-order valence-corrected chi connectivity index (χ1v) is 8.87. The van der Waals surface area contributed by atoms with Gasteiger partial charge in [0, 0.05) is 39.5 Å². The van der Waals surface area contributed by atoms with Gasteiger partial charge in [-0.05, 0) is 44.7 Å². The standard InChI is InChI=1S/C19H34N4O2.HI/c1-14(2)10-15(3)25-17-11-16(8-9-21-17)12-22-18(20-6)23-13-19(4,5)24-7;/h8-9,11,14-15H,10,12-13H2,1-7H3,(H2,20,22,23);1H. The predicted octanol–water partition coefficient (Wildman–Crippen LogP) is 3.60. The summed E-state index contributed by atoms with van der Waals surface area (Å²) in [7, 11) is 3.46. The zero-order chi connectivity index (χ0) is 18.9. The van der Waals surface area contributed by atoms with Crippen LogP contribution in [-0.4, -0.2) is 43.4 Å². The molecular weight excluding hydrogens is 443 g/mol. The minimum absolute atomic E-state index is 0. The summed E-state index contributed by atoms with van der Waals surface area (Å²) in [4.78, 5) is 8.54. The second-order valence-corrected chi connectivity index (χ2v) is 7.30. The van der Waals surface area contributed by atoms with Gasteiger partial charge in [0.05, 0.1) is 11.7 Å². The number of rotatable bonds is 9. The molecule has 6 nitrogen and oxygen atoms in total. The number of ether oxygens (including phenoxy) is 2. The van der Waals surface area contributed by atoms with Crippen molar-refractivity contribution in [2.24, 2.45) is 10.9 Å². The Kier molecular flexibility index (Phi) is 11.8. The molecule has 1 aromatic rings. The smallest absolute Gasteiger partial charge is 0.213 e. The summed E-state index contributed by atoms with van der Waals surface area (Å²) >= 11 is 0. The molecule has 0 aliphatic heterocycles. The summed E-state index contributed by atoms with van der Waals surface area (Å²) in [6.45, 7) is 11.8. The third-order valence-corrected chi connectivity index (χ3v) is 3.84. The number of hydrogen-bond acceptors (Lipinski definition) is 4. The molecule has 0 bridgehead atoms. The highest BCUT2D eigenvalue weighted by molar-refractivity contribution is 14.0. The molecule has 2 N–H and O–H groups in total. The number of aliphatic imine (C=N–C) groups is 1. The normalized spacial score (nSPS) is 13.2. The van der Waals surface area contributed by atoms with E-state index in [1.165, 1.54) is 0 Å². The first-order chi connectivity index (χ1) is 11.8. The first kappa shape index (κ1) is 24.9. The molecule has 0 radical (unpaired) electrons. The number of nitrogens with zero attached hydrogens (tertiary/aromatic N) is 2. The zero-order valence-corrected chi connectivity index (χ0v) is 19.5. The van der Waals surface area contributed by atoms with Crippen LogP contribution in [0.15, 0.2) is 23.3 Å². The molecule has 1 aromatic heterocycles. The lowest BCUT2D eigenvalue weighted by Gasteiger charge is -2.24. The first-order valence-electron chi connectivity index (χ1n) is 8.87. The molecule has 0 saturated carbocycles. The quantitative estimate of drug-likeness (QED) is 0.323. The SMILES string of the molecule is CN=C(NCc1ccnc(OC(C)CC(C)C)c1)NCC(C)(C)OC.I. The minimum atomic E-state index is -0.248. The molecule has 1 rings (SSSR count). The number of halogens is 1. The highest BCUT2D eigenvalue weighted by Crippen LogP contribution is 2.14. The summed E-state index contributed by atoms with van der Waals surface area (Å²) in [5.41, 5.74) is 0.845. The van der Waals surface area contributed by atoms with Crippen LogP contribution >= 0.6 is 24.0 Å². The van der Waals surface area contributed by atoms with Gasteiger partial charge in [0.2, 0.25) is 5.88 Å². The van der Waals surface area contributed by atoms with Gasteiger partial charge in [0.25, 0.3) is 0 Å². The third-order valence-electron chi connectivity index (χ3n) is 3.84. The van der Waals surface area contributed by atoms with E-state index in [1.54, 1.807) is 20.4 Å². The van der Waals surface area contributed by atoms with Crippen LogP contribution < -0.4 is 15.4 Å². The molecule has 1 heterocycles. The molecule has 1 unspecified atom stereocenters. The summed E-state index contributed by atoms with van der Waals surface area (Å²) in [6.07, 6.45) is 2.94. The van der Waals surface area contributed by atoms with Crippen LogP contribution in [0.25, 0.3) is 0 Å². The van der Waals surface area contributed by atoms with E-state index in [-0.39, 0.29) is 35.7 Å². The van der Waals surface area contributed by atoms with E-state index in [9.17, 15) is 0 Å². The van der Waals surface area contributed by atoms with E-state index in [0.29, 0.717) is 24.9 Å². The van der Waals surface area contributed by atoms with Gasteiger partial charge in [-0.25, -0.2) is 4.98 Å². The van der Waals surface area contributed by atoms with Gasteiger partial charge in [-0.3, -0.25) is 4.99 Å². The van der Waals surface area contributed by atoms with E-state index in [0.717, 1.165) is 17.9 Å². The molecule has 0 aliphatic rings. The van der Waals surface area contributed by atoms with Crippen LogP contribution in [0.3, 0.4) is 0 Å². The van der Waals surface area contributed by atoms with Gasteiger partial charge in [-0.1, -0.05) is 13.8 Å². The van der Waals surface area contributed by atoms with Crippen molar-refractivity contribution in [1.29, 1.82) is 0 Å².